The molecule has 24 heteroatoms. The first-order valence-corrected chi connectivity index (χ1v) is 15.2. The standard InChI is InChI=1S/C16H20N9O12P3/c17-14-11-15(20-6-19-14)25(7-21-11)16-13(27)12(26)10(35-16)5-34-39(30,31)37-40(32,33)36-38(28,29)23-9-3-1-8(2-4-9)22-24-18/h1-4,6-7,10,12-13,16,26-27H,5H2,(H,30,31)(H,32,33)(H2,17,19,20)(H2,23,28,29)/t10-,12-,13-,16-/m1/s1. The second kappa shape index (κ2) is 11.5. The lowest BCUT2D eigenvalue weighted by Gasteiger charge is -2.20. The van der Waals surface area contributed by atoms with Crippen molar-refractivity contribution in [3.63, 3.8) is 0 Å². The van der Waals surface area contributed by atoms with Crippen molar-refractivity contribution in [2.75, 3.05) is 17.4 Å². The highest BCUT2D eigenvalue weighted by molar-refractivity contribution is 7.68. The van der Waals surface area contributed by atoms with Crippen molar-refractivity contribution in [2.45, 2.75) is 24.5 Å². The molecule has 3 heterocycles. The molecule has 3 unspecified atom stereocenters. The molecule has 0 aliphatic carbocycles. The van der Waals surface area contributed by atoms with Crippen molar-refractivity contribution in [2.24, 2.45) is 5.11 Å². The van der Waals surface area contributed by atoms with Gasteiger partial charge in [0.15, 0.2) is 17.7 Å². The van der Waals surface area contributed by atoms with Gasteiger partial charge in [-0.25, -0.2) is 28.6 Å². The Hall–Kier alpha value is -2.99. The summed E-state index contributed by atoms with van der Waals surface area (Å²) in [4.78, 5) is 43.8. The molecule has 0 saturated carbocycles. The fourth-order valence-corrected chi connectivity index (χ4v) is 7.18. The summed E-state index contributed by atoms with van der Waals surface area (Å²) in [5.74, 6) is 0.0385. The van der Waals surface area contributed by atoms with Crippen LogP contribution in [0, 0.1) is 0 Å². The third-order valence-corrected chi connectivity index (χ3v) is 9.50. The number of hydrogen-bond donors (Lipinski definition) is 7. The molecular formula is C16H20N9O12P3. The number of ether oxygens (including phenoxy) is 1. The molecule has 40 heavy (non-hydrogen) atoms. The molecule has 21 nitrogen and oxygen atoms in total. The summed E-state index contributed by atoms with van der Waals surface area (Å²) >= 11 is 0. The Morgan fingerprint density at radius 2 is 1.77 bits per heavy atom. The van der Waals surface area contributed by atoms with Crippen molar-refractivity contribution in [3.8, 4) is 0 Å². The monoisotopic (exact) mass is 623 g/mol. The van der Waals surface area contributed by atoms with Crippen LogP contribution in [0.3, 0.4) is 0 Å². The van der Waals surface area contributed by atoms with Gasteiger partial charge in [-0.15, -0.1) is 0 Å². The first-order valence-electron chi connectivity index (χ1n) is 10.6. The SMILES string of the molecule is [N-]=[N+]=Nc1ccc(NP(=O)(O)OP(=O)(O)OP(=O)(O)OC[C@H]2O[C@@H](n3cnc4c(N)ncnc43)[C@H](O)[C@@H]2O)cc1. The average Bonchev–Trinajstić information content (AvgIpc) is 3.39. The maximum absolute atomic E-state index is 12.3. The average molecular weight is 623 g/mol. The largest absolute Gasteiger partial charge is 0.489 e. The number of aromatic nitrogens is 4. The van der Waals surface area contributed by atoms with Gasteiger partial charge in [0.1, 0.15) is 30.2 Å². The fourth-order valence-electron chi connectivity index (χ4n) is 3.47. The van der Waals surface area contributed by atoms with Crippen LogP contribution in [-0.2, 0) is 31.6 Å². The van der Waals surface area contributed by atoms with E-state index in [2.05, 4.69) is 38.1 Å². The maximum atomic E-state index is 12.3. The third kappa shape index (κ3) is 7.01. The number of rotatable bonds is 11. The Balaban J connectivity index is 1.36. The van der Waals surface area contributed by atoms with Gasteiger partial charge in [0.05, 0.1) is 12.9 Å². The van der Waals surface area contributed by atoms with E-state index in [1.54, 1.807) is 0 Å². The summed E-state index contributed by atoms with van der Waals surface area (Å²) in [6, 6.07) is 4.82. The molecule has 0 spiro atoms. The van der Waals surface area contributed by atoms with Crippen LogP contribution in [0.2, 0.25) is 0 Å². The number of aliphatic hydroxyl groups is 2. The number of aliphatic hydroxyl groups excluding tert-OH is 2. The number of nitrogens with one attached hydrogen (secondary N) is 1. The highest BCUT2D eigenvalue weighted by Gasteiger charge is 2.47. The van der Waals surface area contributed by atoms with Gasteiger partial charge < -0.3 is 35.4 Å². The van der Waals surface area contributed by atoms with Gasteiger partial charge in [-0.1, -0.05) is 17.2 Å². The summed E-state index contributed by atoms with van der Waals surface area (Å²) < 4.78 is 56.1. The summed E-state index contributed by atoms with van der Waals surface area (Å²) in [7, 11) is -16.4. The van der Waals surface area contributed by atoms with Gasteiger partial charge in [-0.05, 0) is 17.7 Å². The second-order valence-corrected chi connectivity index (χ2v) is 12.6. The Bertz CT molecular complexity index is 1580. The van der Waals surface area contributed by atoms with Crippen LogP contribution < -0.4 is 10.8 Å². The van der Waals surface area contributed by atoms with Gasteiger partial charge in [0, 0.05) is 16.3 Å². The van der Waals surface area contributed by atoms with Crippen molar-refractivity contribution < 1.29 is 56.5 Å². The summed E-state index contributed by atoms with van der Waals surface area (Å²) in [6.07, 6.45) is -3.74. The molecule has 0 bridgehead atoms. The normalized spacial score (nSPS) is 25.4. The van der Waals surface area contributed by atoms with Crippen LogP contribution in [0.25, 0.3) is 21.6 Å². The smallest absolute Gasteiger partial charge is 0.387 e. The minimum Gasteiger partial charge on any atom is -0.387 e. The third-order valence-electron chi connectivity index (χ3n) is 5.12. The van der Waals surface area contributed by atoms with Crippen molar-refractivity contribution >= 4 is 51.7 Å². The van der Waals surface area contributed by atoms with E-state index in [0.29, 0.717) is 0 Å². The van der Waals surface area contributed by atoms with Crippen LogP contribution in [-0.4, -0.2) is 69.3 Å². The van der Waals surface area contributed by atoms with E-state index < -0.39 is 54.5 Å². The second-order valence-electron chi connectivity index (χ2n) is 7.89. The zero-order valence-corrected chi connectivity index (χ0v) is 22.3. The Labute approximate surface area is 222 Å². The molecule has 3 aromatic rings. The summed E-state index contributed by atoms with van der Waals surface area (Å²) in [6.45, 7) is -0.960. The minimum absolute atomic E-state index is 0.0385. The van der Waals surface area contributed by atoms with E-state index in [1.807, 2.05) is 5.09 Å². The number of anilines is 2. The van der Waals surface area contributed by atoms with E-state index in [0.717, 1.165) is 6.33 Å². The molecule has 1 saturated heterocycles. The lowest BCUT2D eigenvalue weighted by Crippen LogP contribution is -2.33. The van der Waals surface area contributed by atoms with Gasteiger partial charge in [-0.3, -0.25) is 14.2 Å². The number of nitrogen functional groups attached to an aromatic ring is 1. The lowest BCUT2D eigenvalue weighted by molar-refractivity contribution is -0.0503. The Morgan fingerprint density at radius 1 is 1.07 bits per heavy atom. The van der Waals surface area contributed by atoms with E-state index in [4.69, 9.17) is 16.0 Å². The number of nitrogens with two attached hydrogens (primary N) is 1. The molecule has 8 N–H and O–H groups in total. The van der Waals surface area contributed by atoms with Crippen LogP contribution >= 0.6 is 23.4 Å². The maximum Gasteiger partial charge on any atom is 0.489 e. The van der Waals surface area contributed by atoms with Crippen LogP contribution in [0.15, 0.2) is 42.0 Å². The zero-order chi connectivity index (χ0) is 29.3. The van der Waals surface area contributed by atoms with Crippen molar-refractivity contribution in [1.82, 2.24) is 19.5 Å². The van der Waals surface area contributed by atoms with E-state index in [1.165, 1.54) is 35.2 Å². The topological polar surface area (TPSA) is 320 Å². The molecule has 0 radical (unpaired) electrons. The predicted octanol–water partition coefficient (Wildman–Crippen LogP) is 1.43. The quantitative estimate of drug-likeness (QED) is 0.0687. The molecule has 1 aliphatic heterocycles. The van der Waals surface area contributed by atoms with Crippen LogP contribution in [0.4, 0.5) is 17.2 Å². The highest BCUT2D eigenvalue weighted by atomic mass is 31.3. The first kappa shape index (κ1) is 30.0. The van der Waals surface area contributed by atoms with Gasteiger partial charge >= 0.3 is 23.4 Å². The number of imidazole rings is 1. The molecule has 7 atom stereocenters. The van der Waals surface area contributed by atoms with Crippen LogP contribution in [0.1, 0.15) is 6.23 Å². The highest BCUT2D eigenvalue weighted by Crippen LogP contribution is 2.67. The number of hydrogen-bond acceptors (Lipinski definition) is 14. The molecule has 216 valence electrons. The van der Waals surface area contributed by atoms with Crippen LogP contribution in [0.5, 0.6) is 0 Å². The van der Waals surface area contributed by atoms with E-state index in [-0.39, 0.29) is 28.4 Å². The van der Waals surface area contributed by atoms with E-state index >= 15 is 0 Å². The predicted molar refractivity (Wildman–Crippen MR) is 132 cm³/mol. The number of nitrogens with zero attached hydrogens (tertiary/aromatic N) is 7. The molecule has 4 rings (SSSR count). The number of phosphoric ester groups is 1. The molecule has 1 fully saturated rings. The zero-order valence-electron chi connectivity index (χ0n) is 19.6. The van der Waals surface area contributed by atoms with Gasteiger partial charge in [0.25, 0.3) is 0 Å². The molecule has 2 aromatic heterocycles. The molecule has 0 amide bonds. The Kier molecular flexibility index (Phi) is 8.60. The van der Waals surface area contributed by atoms with Crippen molar-refractivity contribution in [1.29, 1.82) is 0 Å². The van der Waals surface area contributed by atoms with Gasteiger partial charge in [0.2, 0.25) is 0 Å². The molecular weight excluding hydrogens is 603 g/mol. The molecule has 1 aromatic carbocycles. The number of phosphoric acid groups is 2. The van der Waals surface area contributed by atoms with Crippen molar-refractivity contribution in [3.05, 3.63) is 47.4 Å². The first-order chi connectivity index (χ1) is 18.7. The summed E-state index contributed by atoms with van der Waals surface area (Å²) in [5.41, 5.74) is 14.5. The van der Waals surface area contributed by atoms with E-state index in [9.17, 15) is 38.6 Å². The fraction of sp³-hybridized carbons (Fsp3) is 0.312. The number of azide groups is 1. The lowest BCUT2D eigenvalue weighted by atomic mass is 10.1. The minimum atomic E-state index is -5.74. The summed E-state index contributed by atoms with van der Waals surface area (Å²) in [5, 5.41) is 25.9. The Morgan fingerprint density at radius 3 is 2.45 bits per heavy atom. The molecule has 1 aliphatic rings. The van der Waals surface area contributed by atoms with Gasteiger partial charge in [-0.2, -0.15) is 8.62 Å². The number of benzene rings is 1. The number of fused-ring (bicyclic) bond motifs is 1.